The monoisotopic (exact) mass is 739 g/mol. The quantitative estimate of drug-likeness (QED) is 0.165. The second-order valence-corrected chi connectivity index (χ2v) is 16.1. The van der Waals surface area contributed by atoms with Crippen LogP contribution >= 0.6 is 0 Å². The smallest absolute Gasteiger partial charge is 0.0970 e. The maximum absolute atomic E-state index is 4.79. The van der Waals surface area contributed by atoms with E-state index in [-0.39, 0.29) is 5.41 Å². The standard InChI is InChI=1S/C55H37N3/c1-55(2)48-21-6-5-17-46(48)52-49(55)22-9-23-50(52)58(37-26-24-34(25-27-37)47-33-36-13-10-30-56-53(36)54-45(47)20-11-31-57-54)38-14-7-12-35(32-38)39-28-29-44-41-16-4-3-15-40(41)43-19-8-18-42(39)51(43)44/h3-33H,1-2H3. The summed E-state index contributed by atoms with van der Waals surface area (Å²) >= 11 is 0. The Hall–Kier alpha value is -7.36. The minimum absolute atomic E-state index is 0.123. The third-order valence-corrected chi connectivity index (χ3v) is 12.7. The van der Waals surface area contributed by atoms with Crippen LogP contribution in [0.1, 0.15) is 25.0 Å². The summed E-state index contributed by atoms with van der Waals surface area (Å²) in [6.45, 7) is 4.71. The number of nitrogens with zero attached hydrogens (tertiary/aromatic N) is 3. The van der Waals surface area contributed by atoms with Crippen LogP contribution < -0.4 is 4.90 Å². The molecule has 0 amide bonds. The average molecular weight is 740 g/mol. The van der Waals surface area contributed by atoms with Gasteiger partial charge in [-0.05, 0) is 121 Å². The van der Waals surface area contributed by atoms with Gasteiger partial charge in [0.15, 0.2) is 0 Å². The Morgan fingerprint density at radius 3 is 1.91 bits per heavy atom. The Balaban J connectivity index is 1.05. The summed E-state index contributed by atoms with van der Waals surface area (Å²) in [5, 5.41) is 4.80. The van der Waals surface area contributed by atoms with Gasteiger partial charge in [0.25, 0.3) is 0 Å². The number of aromatic nitrogens is 2. The highest BCUT2D eigenvalue weighted by atomic mass is 15.1. The fourth-order valence-corrected chi connectivity index (χ4v) is 10.0. The summed E-state index contributed by atoms with van der Waals surface area (Å²) in [5.41, 5.74) is 20.4. The van der Waals surface area contributed by atoms with Gasteiger partial charge in [-0.25, -0.2) is 0 Å². The lowest BCUT2D eigenvalue weighted by Gasteiger charge is -2.29. The van der Waals surface area contributed by atoms with E-state index in [4.69, 9.17) is 9.97 Å². The zero-order chi connectivity index (χ0) is 38.5. The van der Waals surface area contributed by atoms with Gasteiger partial charge < -0.3 is 4.90 Å². The Labute approximate surface area is 337 Å². The average Bonchev–Trinajstić information content (AvgIpc) is 3.73. The van der Waals surface area contributed by atoms with Gasteiger partial charge in [0.2, 0.25) is 0 Å². The normalized spacial score (nSPS) is 13.1. The van der Waals surface area contributed by atoms with Crippen molar-refractivity contribution in [1.82, 2.24) is 9.97 Å². The van der Waals surface area contributed by atoms with Gasteiger partial charge in [0.1, 0.15) is 0 Å². The first-order chi connectivity index (χ1) is 28.5. The van der Waals surface area contributed by atoms with Gasteiger partial charge in [0, 0.05) is 45.5 Å². The summed E-state index contributed by atoms with van der Waals surface area (Å²) in [6.07, 6.45) is 3.70. The van der Waals surface area contributed by atoms with E-state index in [1.54, 1.807) is 0 Å². The first-order valence-corrected chi connectivity index (χ1v) is 20.1. The van der Waals surface area contributed by atoms with E-state index in [0.29, 0.717) is 0 Å². The number of benzene rings is 8. The maximum Gasteiger partial charge on any atom is 0.0970 e. The first-order valence-electron chi connectivity index (χ1n) is 20.1. The van der Waals surface area contributed by atoms with Crippen molar-refractivity contribution in [3.8, 4) is 55.6 Å². The van der Waals surface area contributed by atoms with Crippen molar-refractivity contribution in [2.45, 2.75) is 19.3 Å². The molecule has 0 saturated carbocycles. The van der Waals surface area contributed by atoms with E-state index in [0.717, 1.165) is 44.3 Å². The number of hydrogen-bond donors (Lipinski definition) is 0. The number of rotatable bonds is 5. The van der Waals surface area contributed by atoms with Crippen LogP contribution in [-0.4, -0.2) is 9.97 Å². The Kier molecular flexibility index (Phi) is 6.98. The third kappa shape index (κ3) is 4.68. The molecule has 0 N–H and O–H groups in total. The van der Waals surface area contributed by atoms with Crippen molar-refractivity contribution >= 4 is 49.6 Å². The predicted octanol–water partition coefficient (Wildman–Crippen LogP) is 14.7. The van der Waals surface area contributed by atoms with Crippen molar-refractivity contribution in [2.24, 2.45) is 0 Å². The molecular weight excluding hydrogens is 703 g/mol. The third-order valence-electron chi connectivity index (χ3n) is 12.7. The Morgan fingerprint density at radius 2 is 1.07 bits per heavy atom. The molecule has 0 unspecified atom stereocenters. The van der Waals surface area contributed by atoms with Crippen LogP contribution in [-0.2, 0) is 5.41 Å². The van der Waals surface area contributed by atoms with Crippen molar-refractivity contribution in [1.29, 1.82) is 0 Å². The van der Waals surface area contributed by atoms with Gasteiger partial charge in [-0.15, -0.1) is 0 Å². The van der Waals surface area contributed by atoms with Gasteiger partial charge in [-0.1, -0.05) is 141 Å². The van der Waals surface area contributed by atoms with Gasteiger partial charge in [-0.3, -0.25) is 9.97 Å². The molecule has 0 atom stereocenters. The fourth-order valence-electron chi connectivity index (χ4n) is 10.0. The van der Waals surface area contributed by atoms with E-state index in [9.17, 15) is 0 Å². The summed E-state index contributed by atoms with van der Waals surface area (Å²) in [5.74, 6) is 0. The molecular formula is C55H37N3. The molecule has 0 bridgehead atoms. The molecule has 0 radical (unpaired) electrons. The minimum atomic E-state index is -0.123. The molecule has 58 heavy (non-hydrogen) atoms. The van der Waals surface area contributed by atoms with E-state index in [1.807, 2.05) is 24.5 Å². The second kappa shape index (κ2) is 12.3. The molecule has 2 aromatic heterocycles. The van der Waals surface area contributed by atoms with Crippen LogP contribution in [0.2, 0.25) is 0 Å². The maximum atomic E-state index is 4.79. The molecule has 8 aromatic carbocycles. The van der Waals surface area contributed by atoms with Crippen LogP contribution in [0.15, 0.2) is 188 Å². The molecule has 0 saturated heterocycles. The Bertz CT molecular complexity index is 3290. The predicted molar refractivity (Wildman–Crippen MR) is 242 cm³/mol. The molecule has 0 spiro atoms. The summed E-state index contributed by atoms with van der Waals surface area (Å²) in [4.78, 5) is 12.0. The van der Waals surface area contributed by atoms with Gasteiger partial charge >= 0.3 is 0 Å². The highest BCUT2D eigenvalue weighted by Crippen LogP contribution is 2.55. The zero-order valence-corrected chi connectivity index (χ0v) is 32.2. The molecule has 3 heteroatoms. The molecule has 3 nitrogen and oxygen atoms in total. The highest BCUT2D eigenvalue weighted by molar-refractivity contribution is 6.19. The van der Waals surface area contributed by atoms with Gasteiger partial charge in [-0.2, -0.15) is 0 Å². The molecule has 2 heterocycles. The van der Waals surface area contributed by atoms with Crippen molar-refractivity contribution in [2.75, 3.05) is 4.90 Å². The summed E-state index contributed by atoms with van der Waals surface area (Å²) < 4.78 is 0. The van der Waals surface area contributed by atoms with Crippen LogP contribution in [0.4, 0.5) is 17.1 Å². The topological polar surface area (TPSA) is 29.0 Å². The number of pyridine rings is 2. The van der Waals surface area contributed by atoms with E-state index < -0.39 is 0 Å². The number of anilines is 3. The van der Waals surface area contributed by atoms with Crippen LogP contribution in [0.3, 0.4) is 0 Å². The zero-order valence-electron chi connectivity index (χ0n) is 32.2. The lowest BCUT2D eigenvalue weighted by Crippen LogP contribution is -2.16. The molecule has 2 aliphatic rings. The molecule has 2 aliphatic carbocycles. The van der Waals surface area contributed by atoms with Gasteiger partial charge in [0.05, 0.1) is 16.7 Å². The highest BCUT2D eigenvalue weighted by Gasteiger charge is 2.37. The molecule has 0 aliphatic heterocycles. The van der Waals surface area contributed by atoms with Crippen LogP contribution in [0, 0.1) is 0 Å². The molecule has 12 rings (SSSR count). The van der Waals surface area contributed by atoms with E-state index in [2.05, 4.69) is 183 Å². The van der Waals surface area contributed by atoms with E-state index >= 15 is 0 Å². The van der Waals surface area contributed by atoms with Crippen molar-refractivity contribution < 1.29 is 0 Å². The number of fused-ring (bicyclic) bond motifs is 9. The van der Waals surface area contributed by atoms with Crippen molar-refractivity contribution in [3.63, 3.8) is 0 Å². The van der Waals surface area contributed by atoms with Crippen LogP contribution in [0.25, 0.3) is 88.2 Å². The summed E-state index contributed by atoms with van der Waals surface area (Å²) in [7, 11) is 0. The lowest BCUT2D eigenvalue weighted by molar-refractivity contribution is 0.660. The SMILES string of the molecule is CC1(C)c2ccccc2-c2c(N(c3ccc(-c4cc5cccnc5c5ncccc45)cc3)c3cccc(-c4ccc5c6c(cccc46)-c4ccccc4-5)c3)cccc21. The first kappa shape index (κ1) is 32.8. The fraction of sp³-hybridized carbons (Fsp3) is 0.0545. The van der Waals surface area contributed by atoms with Crippen LogP contribution in [0.5, 0.6) is 0 Å². The lowest BCUT2D eigenvalue weighted by atomic mass is 9.82. The minimum Gasteiger partial charge on any atom is -0.310 e. The van der Waals surface area contributed by atoms with Crippen molar-refractivity contribution in [3.05, 3.63) is 199 Å². The largest absolute Gasteiger partial charge is 0.310 e. The second-order valence-electron chi connectivity index (χ2n) is 16.1. The summed E-state index contributed by atoms with van der Waals surface area (Å²) in [6, 6.07) is 64.7. The molecule has 272 valence electrons. The Morgan fingerprint density at radius 1 is 0.414 bits per heavy atom. The van der Waals surface area contributed by atoms with E-state index in [1.165, 1.54) is 72.1 Å². The molecule has 10 aromatic rings. The molecule has 0 fully saturated rings. The number of hydrogen-bond acceptors (Lipinski definition) is 3.